The molecule has 0 aliphatic heterocycles. The number of carbonyl (C=O) groups excluding carboxylic acids is 1. The topological polar surface area (TPSA) is 40.1 Å². The van der Waals surface area contributed by atoms with E-state index >= 15 is 0 Å². The number of hydrogen-bond donors (Lipinski definition) is 0. The van der Waals surface area contributed by atoms with Crippen LogP contribution in [0.25, 0.3) is 0 Å². The van der Waals surface area contributed by atoms with Crippen LogP contribution in [0.1, 0.15) is 6.92 Å². The number of rotatable bonds is 0. The van der Waals surface area contributed by atoms with Crippen molar-refractivity contribution in [3.63, 3.8) is 0 Å². The third kappa shape index (κ3) is 177. The maximum absolute atomic E-state index is 8.89. The second-order valence-electron chi connectivity index (χ2n) is 0.583. The van der Waals surface area contributed by atoms with Gasteiger partial charge in [-0.2, -0.15) is 0 Å². The molecule has 46 valence electrons. The molecule has 0 spiro atoms. The molecule has 2 nitrogen and oxygen atoms in total. The molecule has 0 aliphatic carbocycles. The van der Waals surface area contributed by atoms with Gasteiger partial charge in [0.15, 0.2) is 0 Å². The summed E-state index contributed by atoms with van der Waals surface area (Å²) in [6.45, 7) is 1.82. The summed E-state index contributed by atoms with van der Waals surface area (Å²) in [6, 6.07) is 0. The summed E-state index contributed by atoms with van der Waals surface area (Å²) >= 11 is 2.93. The fourth-order valence-corrected chi connectivity index (χ4v) is 0. The normalized spacial score (nSPS) is 8.00. The molecule has 0 amide bonds. The fourth-order valence-electron chi connectivity index (χ4n) is 0. The molecule has 0 heterocycles. The number of carbonyl (C=O) groups is 1. The number of aliphatic carboxylic acids is 1. The molecule has 2 unspecified atom stereocenters. The van der Waals surface area contributed by atoms with Crippen molar-refractivity contribution in [1.29, 1.82) is 0 Å². The molecule has 2 atom stereocenters. The first-order valence-electron chi connectivity index (χ1n) is 1.36. The zero-order valence-electron chi connectivity index (χ0n) is 3.71. The van der Waals surface area contributed by atoms with Crippen LogP contribution < -0.4 is 5.11 Å². The van der Waals surface area contributed by atoms with Gasteiger partial charge >= 0.3 is 34.1 Å². The predicted octanol–water partition coefficient (Wildman–Crippen LogP) is -0.327. The van der Waals surface area contributed by atoms with Gasteiger partial charge in [-0.3, -0.25) is 0 Å². The van der Waals surface area contributed by atoms with Gasteiger partial charge in [0.05, 0.1) is 0 Å². The Kier molecular flexibility index (Phi) is 15.7. The molecular formula is C2H6O2P2Pd. The third-order valence-corrected chi connectivity index (χ3v) is 0. The Morgan fingerprint density at radius 1 is 2.00 bits per heavy atom. The molecule has 5 heteroatoms. The van der Waals surface area contributed by atoms with Gasteiger partial charge in [-0.25, -0.2) is 0 Å². The third-order valence-electron chi connectivity index (χ3n) is 0. The van der Waals surface area contributed by atoms with Crippen LogP contribution in [-0.4, -0.2) is 5.97 Å². The maximum atomic E-state index is 8.89. The van der Waals surface area contributed by atoms with E-state index in [1.807, 2.05) is 0 Å². The number of hydrogen-bond acceptors (Lipinski definition) is 2. The summed E-state index contributed by atoms with van der Waals surface area (Å²) in [7, 11) is 2.54. The van der Waals surface area contributed by atoms with Crippen molar-refractivity contribution in [1.82, 2.24) is 0 Å². The van der Waals surface area contributed by atoms with Crippen LogP contribution >= 0.6 is 15.4 Å². The molecule has 0 bridgehead atoms. The Morgan fingerprint density at radius 2 is 2.00 bits per heavy atom. The minimum atomic E-state index is -1.08. The van der Waals surface area contributed by atoms with Gasteiger partial charge in [-0.1, -0.05) is 0 Å². The number of carboxylic acids is 1. The van der Waals surface area contributed by atoms with Crippen LogP contribution in [0.3, 0.4) is 0 Å². The first-order chi connectivity index (χ1) is 3.15. The van der Waals surface area contributed by atoms with Crippen LogP contribution in [0.2, 0.25) is 0 Å². The van der Waals surface area contributed by atoms with E-state index in [1.165, 1.54) is 0 Å². The summed E-state index contributed by atoms with van der Waals surface area (Å²) in [5, 5.41) is 8.89. The van der Waals surface area contributed by atoms with Gasteiger partial charge in [0.1, 0.15) is 0 Å². The van der Waals surface area contributed by atoms with Crippen LogP contribution in [0, 0.1) is 0 Å². The van der Waals surface area contributed by atoms with Crippen molar-refractivity contribution in [2.24, 2.45) is 0 Å². The Labute approximate surface area is 57.2 Å². The average Bonchev–Trinajstić information content (AvgIpc) is 1.33. The van der Waals surface area contributed by atoms with Crippen molar-refractivity contribution < 1.29 is 28.6 Å². The summed E-state index contributed by atoms with van der Waals surface area (Å²) in [4.78, 5) is 8.89. The zero-order chi connectivity index (χ0) is 6.28. The Morgan fingerprint density at radius 3 is 2.00 bits per heavy atom. The molecule has 7 heavy (non-hydrogen) atoms. The molecule has 0 N–H and O–H groups in total. The van der Waals surface area contributed by atoms with Gasteiger partial charge in [-0.15, -0.1) is 0 Å². The van der Waals surface area contributed by atoms with E-state index in [9.17, 15) is 0 Å². The van der Waals surface area contributed by atoms with Crippen molar-refractivity contribution in [2.45, 2.75) is 6.92 Å². The molecule has 0 aromatic rings. The van der Waals surface area contributed by atoms with E-state index in [4.69, 9.17) is 9.90 Å². The van der Waals surface area contributed by atoms with Crippen LogP contribution in [0.15, 0.2) is 0 Å². The van der Waals surface area contributed by atoms with Gasteiger partial charge in [0.2, 0.25) is 0 Å². The van der Waals surface area contributed by atoms with Gasteiger partial charge < -0.3 is 9.90 Å². The zero-order valence-corrected chi connectivity index (χ0v) is 7.42. The van der Waals surface area contributed by atoms with E-state index in [-0.39, 0.29) is 0 Å². The van der Waals surface area contributed by atoms with Crippen molar-refractivity contribution >= 4 is 21.4 Å². The summed E-state index contributed by atoms with van der Waals surface area (Å²) in [5.74, 6) is -1.08. The first-order valence-corrected chi connectivity index (χ1v) is 6.31. The Bertz CT molecular complexity index is 45.0. The van der Waals surface area contributed by atoms with Crippen molar-refractivity contribution in [3.8, 4) is 0 Å². The van der Waals surface area contributed by atoms with Crippen LogP contribution in [0.5, 0.6) is 0 Å². The Balaban J connectivity index is 0. The van der Waals surface area contributed by atoms with Crippen LogP contribution in [-0.2, 0) is 23.5 Å². The second kappa shape index (κ2) is 10.1. The fraction of sp³-hybridized carbons (Fsp3) is 0.500. The molecule has 0 saturated heterocycles. The van der Waals surface area contributed by atoms with Gasteiger partial charge in [0.25, 0.3) is 0 Å². The van der Waals surface area contributed by atoms with E-state index in [2.05, 4.69) is 27.6 Å². The predicted molar refractivity (Wildman–Crippen MR) is 28.7 cm³/mol. The quantitative estimate of drug-likeness (QED) is 0.422. The van der Waals surface area contributed by atoms with E-state index in [1.54, 1.807) is 0 Å². The van der Waals surface area contributed by atoms with Crippen molar-refractivity contribution in [3.05, 3.63) is 0 Å². The monoisotopic (exact) mass is 230 g/mol. The molecular weight excluding hydrogens is 224 g/mol. The molecule has 0 saturated carbocycles. The molecule has 0 aromatic carbocycles. The van der Waals surface area contributed by atoms with E-state index < -0.39 is 5.97 Å². The standard InChI is InChI=1S/C2H4O2.H3P2.Pd/c1-2(3)4;1-2;/h1H3,(H,3,4);1H,2H2;/q;-1;+2/p-1. The van der Waals surface area contributed by atoms with Crippen molar-refractivity contribution in [2.75, 3.05) is 0 Å². The van der Waals surface area contributed by atoms with Crippen LogP contribution in [0.4, 0.5) is 0 Å². The molecule has 0 aliphatic rings. The van der Waals surface area contributed by atoms with E-state index in [0.717, 1.165) is 13.4 Å². The first kappa shape index (κ1) is 10.9. The average molecular weight is 230 g/mol. The Hall–Kier alpha value is 0.992. The SMILES string of the molecule is CC(=O)[O-].P[PH][Pd+]. The second-order valence-corrected chi connectivity index (χ2v) is 5.35. The van der Waals surface area contributed by atoms with E-state index in [0.29, 0.717) is 0 Å². The summed E-state index contributed by atoms with van der Waals surface area (Å²) in [5.41, 5.74) is 0. The molecule has 0 rings (SSSR count). The minimum absolute atomic E-state index is 0.850. The summed E-state index contributed by atoms with van der Waals surface area (Å²) < 4.78 is 0. The molecule has 0 fully saturated rings. The number of carboxylic acid groups (broad SMARTS) is 1. The van der Waals surface area contributed by atoms with Gasteiger partial charge in [0, 0.05) is 5.97 Å². The summed E-state index contributed by atoms with van der Waals surface area (Å²) in [6.07, 6.45) is 0. The molecule has 0 aromatic heterocycles. The molecule has 0 radical (unpaired) electrons. The van der Waals surface area contributed by atoms with Gasteiger partial charge in [-0.05, 0) is 6.92 Å².